The summed E-state index contributed by atoms with van der Waals surface area (Å²) < 4.78 is 0. The van der Waals surface area contributed by atoms with Gasteiger partial charge in [0.1, 0.15) is 0 Å². The summed E-state index contributed by atoms with van der Waals surface area (Å²) in [5, 5.41) is 23.8. The van der Waals surface area contributed by atoms with E-state index in [2.05, 4.69) is 15.3 Å². The number of hydrogen-bond donors (Lipinski definition) is 1. The molecule has 1 N–H and O–H groups in total. The molecular formula is C12H8ClN5O2S. The van der Waals surface area contributed by atoms with Crippen molar-refractivity contribution in [3.05, 3.63) is 39.7 Å². The molecule has 0 saturated carbocycles. The number of hydrogen-bond acceptors (Lipinski definition) is 6. The van der Waals surface area contributed by atoms with Crippen LogP contribution in [-0.2, 0) is 0 Å². The third kappa shape index (κ3) is 3.04. The highest BCUT2D eigenvalue weighted by Crippen LogP contribution is 2.39. The van der Waals surface area contributed by atoms with Gasteiger partial charge in [-0.05, 0) is 12.3 Å². The molecule has 0 aliphatic rings. The number of aromatic nitrogens is 1. The average Bonchev–Trinajstić information content (AvgIpc) is 2.48. The van der Waals surface area contributed by atoms with E-state index < -0.39 is 4.92 Å². The second-order valence-electron chi connectivity index (χ2n) is 3.76. The van der Waals surface area contributed by atoms with Crippen LogP contribution in [-0.4, -0.2) is 21.3 Å². The number of nitro benzene ring substituents is 1. The van der Waals surface area contributed by atoms with E-state index in [9.17, 15) is 10.1 Å². The molecule has 1 aromatic carbocycles. The van der Waals surface area contributed by atoms with Crippen LogP contribution in [0.3, 0.4) is 0 Å². The quantitative estimate of drug-likeness (QED) is 0.227. The van der Waals surface area contributed by atoms with Crippen LogP contribution in [0.15, 0.2) is 29.5 Å². The van der Waals surface area contributed by atoms with Crippen LogP contribution < -0.4 is 5.32 Å². The van der Waals surface area contributed by atoms with Gasteiger partial charge in [0.15, 0.2) is 17.0 Å². The monoisotopic (exact) mass is 321 g/mol. The molecule has 0 unspecified atom stereocenters. The summed E-state index contributed by atoms with van der Waals surface area (Å²) in [6.07, 6.45) is 6.43. The molecule has 2 rings (SSSR count). The summed E-state index contributed by atoms with van der Waals surface area (Å²) in [4.78, 5) is 18.8. The smallest absolute Gasteiger partial charge is 0.271 e. The summed E-state index contributed by atoms with van der Waals surface area (Å²) in [6, 6.07) is 2.89. The summed E-state index contributed by atoms with van der Waals surface area (Å²) in [5.74, 6) is 0. The Bertz CT molecular complexity index is 787. The zero-order chi connectivity index (χ0) is 15.4. The average molecular weight is 322 g/mol. The van der Waals surface area contributed by atoms with E-state index in [0.29, 0.717) is 10.8 Å². The van der Waals surface area contributed by atoms with E-state index in [0.717, 1.165) is 11.8 Å². The minimum atomic E-state index is -0.568. The van der Waals surface area contributed by atoms with Gasteiger partial charge in [0.05, 0.1) is 9.95 Å². The van der Waals surface area contributed by atoms with Crippen molar-refractivity contribution in [2.24, 2.45) is 4.99 Å². The van der Waals surface area contributed by atoms with Crippen molar-refractivity contribution in [1.82, 2.24) is 10.3 Å². The molecule has 21 heavy (non-hydrogen) atoms. The molecule has 9 heteroatoms. The Hall–Kier alpha value is -2.37. The lowest BCUT2D eigenvalue weighted by molar-refractivity contribution is -0.383. The van der Waals surface area contributed by atoms with Crippen molar-refractivity contribution in [2.45, 2.75) is 0 Å². The lowest BCUT2D eigenvalue weighted by Gasteiger charge is -2.06. The molecular weight excluding hydrogens is 314 g/mol. The molecule has 7 nitrogen and oxygen atoms in total. The molecule has 0 atom stereocenters. The first kappa shape index (κ1) is 15.0. The molecule has 0 bridgehead atoms. The Morgan fingerprint density at radius 3 is 3.00 bits per heavy atom. The molecule has 0 aliphatic carbocycles. The maximum absolute atomic E-state index is 11.2. The number of nitrogens with zero attached hydrogens (tertiary/aromatic N) is 4. The first-order chi connectivity index (χ1) is 10.1. The number of pyridine rings is 1. The highest BCUT2D eigenvalue weighted by Gasteiger charge is 2.20. The van der Waals surface area contributed by atoms with E-state index in [-0.39, 0.29) is 21.6 Å². The molecule has 2 aromatic rings. The Balaban J connectivity index is 2.81. The lowest BCUT2D eigenvalue weighted by atomic mass is 10.1. The van der Waals surface area contributed by atoms with Crippen LogP contribution in [0, 0.1) is 21.6 Å². The van der Waals surface area contributed by atoms with Crippen molar-refractivity contribution in [2.75, 3.05) is 6.26 Å². The zero-order valence-electron chi connectivity index (χ0n) is 10.7. The van der Waals surface area contributed by atoms with Crippen molar-refractivity contribution in [3.63, 3.8) is 0 Å². The van der Waals surface area contributed by atoms with Crippen LogP contribution >= 0.6 is 23.4 Å². The fourth-order valence-electron chi connectivity index (χ4n) is 1.73. The maximum Gasteiger partial charge on any atom is 0.297 e. The number of aliphatic imine (C=N–C) groups is 1. The van der Waals surface area contributed by atoms with Gasteiger partial charge in [0, 0.05) is 29.2 Å². The number of rotatable bonds is 2. The van der Waals surface area contributed by atoms with Crippen molar-refractivity contribution in [3.8, 4) is 6.19 Å². The van der Waals surface area contributed by atoms with Gasteiger partial charge in [-0.1, -0.05) is 23.4 Å². The number of fused-ring (bicyclic) bond motifs is 1. The molecule has 0 amide bonds. The van der Waals surface area contributed by atoms with E-state index in [4.69, 9.17) is 16.9 Å². The Morgan fingerprint density at radius 2 is 2.38 bits per heavy atom. The fraction of sp³-hybridized carbons (Fsp3) is 0.0833. The number of thioether (sulfide) groups is 1. The molecule has 0 radical (unpaired) electrons. The first-order valence-corrected chi connectivity index (χ1v) is 7.17. The SMILES string of the molecule is CSC(=Nc1c([N+](=O)[O-])cc(Cl)c2ccncc12)NC#N. The molecule has 0 spiro atoms. The molecule has 0 saturated heterocycles. The second-order valence-corrected chi connectivity index (χ2v) is 4.96. The topological polar surface area (TPSA) is 104 Å². The summed E-state index contributed by atoms with van der Waals surface area (Å²) in [6.45, 7) is 0. The van der Waals surface area contributed by atoms with Gasteiger partial charge in [-0.15, -0.1) is 0 Å². The largest absolute Gasteiger partial charge is 0.297 e. The van der Waals surface area contributed by atoms with E-state index >= 15 is 0 Å². The summed E-state index contributed by atoms with van der Waals surface area (Å²) in [7, 11) is 0. The van der Waals surface area contributed by atoms with E-state index in [1.54, 1.807) is 18.5 Å². The number of nitriles is 1. The number of halogens is 1. The minimum Gasteiger partial charge on any atom is -0.271 e. The molecule has 1 heterocycles. The first-order valence-electron chi connectivity index (χ1n) is 5.57. The standard InChI is InChI=1S/C12H8ClN5O2S/c1-21-12(16-6-14)17-11-8-5-15-3-2-7(8)9(13)4-10(11)18(19)20/h2-5H,1H3,(H,16,17). The van der Waals surface area contributed by atoms with Crippen LogP contribution in [0.5, 0.6) is 0 Å². The van der Waals surface area contributed by atoms with Gasteiger partial charge in [-0.25, -0.2) is 4.99 Å². The van der Waals surface area contributed by atoms with Crippen molar-refractivity contribution >= 4 is 50.7 Å². The Labute approximate surface area is 128 Å². The Kier molecular flexibility index (Phi) is 4.57. The number of nitro groups is 1. The van der Waals surface area contributed by atoms with Crippen LogP contribution in [0.25, 0.3) is 10.8 Å². The summed E-state index contributed by atoms with van der Waals surface area (Å²) in [5.41, 5.74) is -0.133. The zero-order valence-corrected chi connectivity index (χ0v) is 12.3. The van der Waals surface area contributed by atoms with Gasteiger partial charge < -0.3 is 0 Å². The van der Waals surface area contributed by atoms with Crippen molar-refractivity contribution in [1.29, 1.82) is 5.26 Å². The number of nitrogens with one attached hydrogen (secondary N) is 1. The van der Waals surface area contributed by atoms with Crippen LogP contribution in [0.4, 0.5) is 11.4 Å². The van der Waals surface area contributed by atoms with Gasteiger partial charge in [0.25, 0.3) is 5.69 Å². The van der Waals surface area contributed by atoms with Crippen molar-refractivity contribution < 1.29 is 4.92 Å². The lowest BCUT2D eigenvalue weighted by Crippen LogP contribution is -2.12. The van der Waals surface area contributed by atoms with E-state index in [1.807, 2.05) is 0 Å². The highest BCUT2D eigenvalue weighted by atomic mass is 35.5. The second kappa shape index (κ2) is 6.39. The van der Waals surface area contributed by atoms with Gasteiger partial charge in [0.2, 0.25) is 0 Å². The predicted molar refractivity (Wildman–Crippen MR) is 82.8 cm³/mol. The fourth-order valence-corrected chi connectivity index (χ4v) is 2.32. The Morgan fingerprint density at radius 1 is 1.62 bits per heavy atom. The van der Waals surface area contributed by atoms with Gasteiger partial charge >= 0.3 is 0 Å². The van der Waals surface area contributed by atoms with Gasteiger partial charge in [-0.2, -0.15) is 5.26 Å². The van der Waals surface area contributed by atoms with Gasteiger partial charge in [-0.3, -0.25) is 20.4 Å². The summed E-state index contributed by atoms with van der Waals surface area (Å²) >= 11 is 7.22. The number of benzene rings is 1. The third-order valence-electron chi connectivity index (χ3n) is 2.61. The van der Waals surface area contributed by atoms with E-state index in [1.165, 1.54) is 18.5 Å². The molecule has 0 aliphatic heterocycles. The molecule has 0 fully saturated rings. The highest BCUT2D eigenvalue weighted by molar-refractivity contribution is 8.13. The number of amidine groups is 1. The molecule has 106 valence electrons. The third-order valence-corrected chi connectivity index (χ3v) is 3.50. The van der Waals surface area contributed by atoms with Crippen LogP contribution in [0.1, 0.15) is 0 Å². The molecule has 1 aromatic heterocycles. The predicted octanol–water partition coefficient (Wildman–Crippen LogP) is 3.22. The normalized spacial score (nSPS) is 11.2. The minimum absolute atomic E-state index is 0.111. The van der Waals surface area contributed by atoms with Crippen LogP contribution in [0.2, 0.25) is 5.02 Å². The maximum atomic E-state index is 11.2.